The standard InChI is InChI=1S/C16H12F4NO/c17-14-6-5-13(22-16(18,19)20)9-15(14)21-8-7-11-3-1-2-4-12(11)10-21/h2-6,9H,7-8,10H2. The van der Waals surface area contributed by atoms with E-state index in [9.17, 15) is 17.6 Å². The molecule has 0 aromatic heterocycles. The van der Waals surface area contributed by atoms with Gasteiger partial charge in [0.1, 0.15) is 11.6 Å². The van der Waals surface area contributed by atoms with Crippen molar-refractivity contribution in [2.24, 2.45) is 0 Å². The number of alkyl halides is 3. The summed E-state index contributed by atoms with van der Waals surface area (Å²) < 4.78 is 54.7. The summed E-state index contributed by atoms with van der Waals surface area (Å²) in [4.78, 5) is 1.71. The molecule has 0 atom stereocenters. The Labute approximate surface area is 124 Å². The number of ether oxygens (including phenoxy) is 1. The number of hydrogen-bond acceptors (Lipinski definition) is 2. The Morgan fingerprint density at radius 3 is 2.73 bits per heavy atom. The lowest BCUT2D eigenvalue weighted by Gasteiger charge is -2.31. The van der Waals surface area contributed by atoms with Gasteiger partial charge in [0.25, 0.3) is 0 Å². The maximum absolute atomic E-state index is 14.0. The molecule has 22 heavy (non-hydrogen) atoms. The van der Waals surface area contributed by atoms with Gasteiger partial charge < -0.3 is 9.64 Å². The van der Waals surface area contributed by atoms with Gasteiger partial charge in [0, 0.05) is 19.2 Å². The van der Waals surface area contributed by atoms with Gasteiger partial charge in [-0.2, -0.15) is 0 Å². The van der Waals surface area contributed by atoms with Crippen LogP contribution in [0.2, 0.25) is 0 Å². The topological polar surface area (TPSA) is 12.5 Å². The van der Waals surface area contributed by atoms with Crippen molar-refractivity contribution in [2.75, 3.05) is 11.4 Å². The van der Waals surface area contributed by atoms with E-state index in [2.05, 4.69) is 10.8 Å². The van der Waals surface area contributed by atoms with Gasteiger partial charge in [-0.25, -0.2) is 4.39 Å². The van der Waals surface area contributed by atoms with E-state index in [1.54, 1.807) is 11.0 Å². The fourth-order valence-electron chi connectivity index (χ4n) is 2.56. The minimum Gasteiger partial charge on any atom is -0.406 e. The van der Waals surface area contributed by atoms with Crippen molar-refractivity contribution in [3.8, 4) is 5.75 Å². The van der Waals surface area contributed by atoms with Gasteiger partial charge in [-0.3, -0.25) is 0 Å². The van der Waals surface area contributed by atoms with Crippen LogP contribution in [-0.4, -0.2) is 12.9 Å². The van der Waals surface area contributed by atoms with Crippen LogP contribution in [-0.2, 0) is 13.0 Å². The van der Waals surface area contributed by atoms with Crippen molar-refractivity contribution in [2.45, 2.75) is 19.3 Å². The summed E-state index contributed by atoms with van der Waals surface area (Å²) in [5.74, 6) is -0.989. The molecule has 0 N–H and O–H groups in total. The molecule has 0 unspecified atom stereocenters. The minimum absolute atomic E-state index is 0.111. The van der Waals surface area contributed by atoms with Gasteiger partial charge in [-0.05, 0) is 35.7 Å². The fraction of sp³-hybridized carbons (Fsp3) is 0.250. The molecule has 3 rings (SSSR count). The summed E-state index contributed by atoms with van der Waals surface area (Å²) in [6.07, 6.45) is -4.10. The van der Waals surface area contributed by atoms with Gasteiger partial charge in [0.15, 0.2) is 0 Å². The molecule has 1 heterocycles. The molecule has 0 saturated heterocycles. The van der Waals surface area contributed by atoms with Crippen LogP contribution >= 0.6 is 0 Å². The zero-order valence-electron chi connectivity index (χ0n) is 11.5. The maximum atomic E-state index is 14.0. The van der Waals surface area contributed by atoms with Gasteiger partial charge >= 0.3 is 6.36 Å². The number of nitrogens with zero attached hydrogens (tertiary/aromatic N) is 1. The van der Waals surface area contributed by atoms with Crippen molar-refractivity contribution in [1.82, 2.24) is 0 Å². The number of benzene rings is 2. The van der Waals surface area contributed by atoms with Crippen LogP contribution in [0.3, 0.4) is 0 Å². The molecule has 0 saturated carbocycles. The van der Waals surface area contributed by atoms with E-state index in [4.69, 9.17) is 0 Å². The summed E-state index contributed by atoms with van der Waals surface area (Å²) in [5, 5.41) is 0. The number of rotatable bonds is 2. The molecule has 0 amide bonds. The Morgan fingerprint density at radius 2 is 1.95 bits per heavy atom. The zero-order valence-corrected chi connectivity index (χ0v) is 11.5. The molecule has 0 aliphatic carbocycles. The predicted octanol–water partition coefficient (Wildman–Crippen LogP) is 4.09. The lowest BCUT2D eigenvalue weighted by atomic mass is 9.99. The SMILES string of the molecule is Fc1ccc(OC(F)(F)F)cc1N1CCc2c[c]ccc2C1. The molecule has 115 valence electrons. The predicted molar refractivity (Wildman–Crippen MR) is 73.1 cm³/mol. The fourth-order valence-corrected chi connectivity index (χ4v) is 2.56. The lowest BCUT2D eigenvalue weighted by Crippen LogP contribution is -2.31. The van der Waals surface area contributed by atoms with Crippen LogP contribution in [0.15, 0.2) is 36.4 Å². The Bertz CT molecular complexity index is 684. The molecule has 1 aliphatic rings. The maximum Gasteiger partial charge on any atom is 0.573 e. The second-order valence-corrected chi connectivity index (χ2v) is 5.03. The largest absolute Gasteiger partial charge is 0.573 e. The third-order valence-corrected chi connectivity index (χ3v) is 3.55. The molecule has 6 heteroatoms. The summed E-state index contributed by atoms with van der Waals surface area (Å²) in [6.45, 7) is 0.966. The van der Waals surface area contributed by atoms with Crippen LogP contribution in [0, 0.1) is 11.9 Å². The normalized spacial score (nSPS) is 14.6. The van der Waals surface area contributed by atoms with Gasteiger partial charge in [0.05, 0.1) is 5.69 Å². The smallest absolute Gasteiger partial charge is 0.406 e. The first-order valence-corrected chi connectivity index (χ1v) is 6.70. The van der Waals surface area contributed by atoms with Gasteiger partial charge in [-0.15, -0.1) is 13.2 Å². The highest BCUT2D eigenvalue weighted by molar-refractivity contribution is 5.54. The highest BCUT2D eigenvalue weighted by Crippen LogP contribution is 2.31. The lowest BCUT2D eigenvalue weighted by molar-refractivity contribution is -0.274. The van der Waals surface area contributed by atoms with Crippen LogP contribution in [0.25, 0.3) is 0 Å². The number of halogens is 4. The Morgan fingerprint density at radius 1 is 1.14 bits per heavy atom. The second-order valence-electron chi connectivity index (χ2n) is 5.03. The second kappa shape index (κ2) is 5.51. The molecular formula is C16H12F4NO. The van der Waals surface area contributed by atoms with Crippen LogP contribution in [0.5, 0.6) is 5.75 Å². The van der Waals surface area contributed by atoms with Crippen molar-refractivity contribution in [3.05, 3.63) is 59.4 Å². The van der Waals surface area contributed by atoms with E-state index in [0.717, 1.165) is 29.3 Å². The van der Waals surface area contributed by atoms with Crippen molar-refractivity contribution < 1.29 is 22.3 Å². The van der Waals surface area contributed by atoms with E-state index in [0.29, 0.717) is 19.5 Å². The summed E-state index contributed by atoms with van der Waals surface area (Å²) in [5.41, 5.74) is 2.26. The van der Waals surface area contributed by atoms with Crippen molar-refractivity contribution in [3.63, 3.8) is 0 Å². The molecule has 2 nitrogen and oxygen atoms in total. The average Bonchev–Trinajstić information content (AvgIpc) is 2.47. The third kappa shape index (κ3) is 3.16. The van der Waals surface area contributed by atoms with E-state index < -0.39 is 17.9 Å². The Balaban J connectivity index is 1.87. The first kappa shape index (κ1) is 14.7. The molecule has 2 aromatic carbocycles. The van der Waals surface area contributed by atoms with Crippen LogP contribution in [0.1, 0.15) is 11.1 Å². The van der Waals surface area contributed by atoms with Gasteiger partial charge in [-0.1, -0.05) is 18.2 Å². The summed E-state index contributed by atoms with van der Waals surface area (Å²) in [7, 11) is 0. The third-order valence-electron chi connectivity index (χ3n) is 3.55. The molecule has 1 radical (unpaired) electrons. The Kier molecular flexibility index (Phi) is 3.68. The highest BCUT2D eigenvalue weighted by atomic mass is 19.4. The molecule has 2 aromatic rings. The molecule has 1 aliphatic heterocycles. The van der Waals surface area contributed by atoms with E-state index in [1.165, 1.54) is 0 Å². The first-order chi connectivity index (χ1) is 10.4. The van der Waals surface area contributed by atoms with E-state index in [-0.39, 0.29) is 5.69 Å². The first-order valence-electron chi connectivity index (χ1n) is 6.70. The highest BCUT2D eigenvalue weighted by Gasteiger charge is 2.31. The van der Waals surface area contributed by atoms with E-state index >= 15 is 0 Å². The average molecular weight is 310 g/mol. The molecular weight excluding hydrogens is 298 g/mol. The number of anilines is 1. The molecule has 0 spiro atoms. The van der Waals surface area contributed by atoms with E-state index in [1.807, 2.05) is 12.1 Å². The summed E-state index contributed by atoms with van der Waals surface area (Å²) >= 11 is 0. The van der Waals surface area contributed by atoms with Gasteiger partial charge in [0.2, 0.25) is 0 Å². The van der Waals surface area contributed by atoms with Crippen LogP contribution < -0.4 is 9.64 Å². The van der Waals surface area contributed by atoms with Crippen molar-refractivity contribution in [1.29, 1.82) is 0 Å². The van der Waals surface area contributed by atoms with Crippen molar-refractivity contribution >= 4 is 5.69 Å². The number of hydrogen-bond donors (Lipinski definition) is 0. The Hall–Kier alpha value is -2.24. The zero-order chi connectivity index (χ0) is 15.7. The minimum atomic E-state index is -4.79. The molecule has 0 bridgehead atoms. The monoisotopic (exact) mass is 310 g/mol. The summed E-state index contributed by atoms with van der Waals surface area (Å²) in [6, 6.07) is 11.6. The number of fused-ring (bicyclic) bond motifs is 1. The molecule has 0 fully saturated rings. The van der Waals surface area contributed by atoms with Crippen LogP contribution in [0.4, 0.5) is 23.2 Å². The quantitative estimate of drug-likeness (QED) is 0.775.